The molecule has 0 spiro atoms. The number of nitrogens with one attached hydrogen (secondary N) is 2. The maximum absolute atomic E-state index is 3.54. The van der Waals surface area contributed by atoms with Gasteiger partial charge in [-0.15, -0.1) is 0 Å². The van der Waals surface area contributed by atoms with E-state index in [9.17, 15) is 0 Å². The van der Waals surface area contributed by atoms with Gasteiger partial charge < -0.3 is 15.5 Å². The first-order chi connectivity index (χ1) is 6.97. The van der Waals surface area contributed by atoms with Gasteiger partial charge in [0, 0.05) is 32.2 Å². The van der Waals surface area contributed by atoms with E-state index in [0.717, 1.165) is 19.6 Å². The van der Waals surface area contributed by atoms with Gasteiger partial charge in [0.05, 0.1) is 0 Å². The number of piperazine rings is 1. The maximum Gasteiger partial charge on any atom is 0.0320 e. The van der Waals surface area contributed by atoms with Crippen LogP contribution < -0.4 is 10.6 Å². The summed E-state index contributed by atoms with van der Waals surface area (Å²) < 4.78 is 0. The molecule has 90 valence electrons. The summed E-state index contributed by atoms with van der Waals surface area (Å²) >= 11 is 0. The molecular formula is C12H27N3. The number of nitrogens with zero attached hydrogens (tertiary/aromatic N) is 1. The quantitative estimate of drug-likeness (QED) is 0.680. The van der Waals surface area contributed by atoms with Crippen molar-refractivity contribution >= 4 is 0 Å². The third-order valence-electron chi connectivity index (χ3n) is 2.90. The Kier molecular flexibility index (Phi) is 5.03. The molecule has 1 aliphatic rings. The molecule has 0 aliphatic carbocycles. The third-order valence-corrected chi connectivity index (χ3v) is 2.90. The highest BCUT2D eigenvalue weighted by Crippen LogP contribution is 2.16. The van der Waals surface area contributed by atoms with Crippen LogP contribution in [0.5, 0.6) is 0 Å². The fraction of sp³-hybridized carbons (Fsp3) is 1.00. The third kappa shape index (κ3) is 6.13. The Morgan fingerprint density at radius 1 is 1.40 bits per heavy atom. The Bertz CT molecular complexity index is 174. The van der Waals surface area contributed by atoms with E-state index in [1.165, 1.54) is 19.5 Å². The molecule has 1 heterocycles. The van der Waals surface area contributed by atoms with Gasteiger partial charge in [0.1, 0.15) is 0 Å². The second-order valence-electron chi connectivity index (χ2n) is 5.93. The molecule has 2 N–H and O–H groups in total. The molecule has 15 heavy (non-hydrogen) atoms. The largest absolute Gasteiger partial charge is 0.315 e. The fourth-order valence-electron chi connectivity index (χ4n) is 1.87. The molecule has 0 aromatic carbocycles. The van der Waals surface area contributed by atoms with Crippen molar-refractivity contribution in [3.8, 4) is 0 Å². The minimum Gasteiger partial charge on any atom is -0.315 e. The molecule has 1 saturated heterocycles. The van der Waals surface area contributed by atoms with Gasteiger partial charge >= 0.3 is 0 Å². The normalized spacial score (nSPS) is 24.4. The Labute approximate surface area is 94.6 Å². The van der Waals surface area contributed by atoms with Gasteiger partial charge in [-0.2, -0.15) is 0 Å². The standard InChI is InChI=1S/C12H27N3/c1-12(2,3)5-6-13-9-11-10-15(4)8-7-14-11/h11,13-14H,5-10H2,1-4H3. The zero-order chi connectivity index (χ0) is 11.3. The highest BCUT2D eigenvalue weighted by molar-refractivity contribution is 4.78. The van der Waals surface area contributed by atoms with E-state index >= 15 is 0 Å². The molecule has 0 aromatic heterocycles. The molecule has 0 saturated carbocycles. The van der Waals surface area contributed by atoms with E-state index < -0.39 is 0 Å². The van der Waals surface area contributed by atoms with Crippen molar-refractivity contribution in [3.05, 3.63) is 0 Å². The minimum atomic E-state index is 0.448. The van der Waals surface area contributed by atoms with Crippen LogP contribution in [0.25, 0.3) is 0 Å². The van der Waals surface area contributed by atoms with E-state index in [1.807, 2.05) is 0 Å². The molecular weight excluding hydrogens is 186 g/mol. The summed E-state index contributed by atoms with van der Waals surface area (Å²) in [4.78, 5) is 2.40. The van der Waals surface area contributed by atoms with Gasteiger partial charge in [-0.25, -0.2) is 0 Å². The molecule has 1 aliphatic heterocycles. The van der Waals surface area contributed by atoms with E-state index in [0.29, 0.717) is 11.5 Å². The number of hydrogen-bond acceptors (Lipinski definition) is 3. The SMILES string of the molecule is CN1CCNC(CNCCC(C)(C)C)C1. The highest BCUT2D eigenvalue weighted by Gasteiger charge is 2.16. The van der Waals surface area contributed by atoms with Gasteiger partial charge in [-0.1, -0.05) is 20.8 Å². The van der Waals surface area contributed by atoms with E-state index in [1.54, 1.807) is 0 Å². The number of rotatable bonds is 4. The van der Waals surface area contributed by atoms with Crippen molar-refractivity contribution in [1.82, 2.24) is 15.5 Å². The molecule has 0 amide bonds. The molecule has 1 unspecified atom stereocenters. The van der Waals surface area contributed by atoms with Gasteiger partial charge in [0.15, 0.2) is 0 Å². The topological polar surface area (TPSA) is 27.3 Å². The zero-order valence-corrected chi connectivity index (χ0v) is 10.8. The monoisotopic (exact) mass is 213 g/mol. The maximum atomic E-state index is 3.54. The number of likely N-dealkylation sites (N-methyl/N-ethyl adjacent to an activating group) is 1. The van der Waals surface area contributed by atoms with Crippen molar-refractivity contribution in [3.63, 3.8) is 0 Å². The van der Waals surface area contributed by atoms with Crippen molar-refractivity contribution in [2.24, 2.45) is 5.41 Å². The predicted molar refractivity (Wildman–Crippen MR) is 66.2 cm³/mol. The molecule has 3 nitrogen and oxygen atoms in total. The lowest BCUT2D eigenvalue weighted by Crippen LogP contribution is -2.53. The Balaban J connectivity index is 2.04. The second-order valence-corrected chi connectivity index (χ2v) is 5.93. The van der Waals surface area contributed by atoms with Crippen LogP contribution in [0.15, 0.2) is 0 Å². The van der Waals surface area contributed by atoms with Gasteiger partial charge in [-0.3, -0.25) is 0 Å². The van der Waals surface area contributed by atoms with Crippen LogP contribution in [0.4, 0.5) is 0 Å². The highest BCUT2D eigenvalue weighted by atomic mass is 15.2. The van der Waals surface area contributed by atoms with Crippen LogP contribution in [-0.4, -0.2) is 50.7 Å². The molecule has 1 rings (SSSR count). The molecule has 0 radical (unpaired) electrons. The number of hydrogen-bond donors (Lipinski definition) is 2. The lowest BCUT2D eigenvalue weighted by molar-refractivity contribution is 0.233. The average Bonchev–Trinajstić information content (AvgIpc) is 2.11. The summed E-state index contributed by atoms with van der Waals surface area (Å²) in [5.41, 5.74) is 0.448. The van der Waals surface area contributed by atoms with Crippen molar-refractivity contribution in [1.29, 1.82) is 0 Å². The van der Waals surface area contributed by atoms with Gasteiger partial charge in [0.2, 0.25) is 0 Å². The molecule has 0 aromatic rings. The van der Waals surface area contributed by atoms with Crippen LogP contribution >= 0.6 is 0 Å². The van der Waals surface area contributed by atoms with Crippen molar-refractivity contribution < 1.29 is 0 Å². The minimum absolute atomic E-state index is 0.448. The first-order valence-corrected chi connectivity index (χ1v) is 6.10. The lowest BCUT2D eigenvalue weighted by Gasteiger charge is -2.31. The molecule has 1 fully saturated rings. The van der Waals surface area contributed by atoms with Crippen molar-refractivity contribution in [2.45, 2.75) is 33.2 Å². The summed E-state index contributed by atoms with van der Waals surface area (Å²) in [5, 5.41) is 7.09. The Morgan fingerprint density at radius 3 is 2.73 bits per heavy atom. The van der Waals surface area contributed by atoms with Crippen molar-refractivity contribution in [2.75, 3.05) is 39.8 Å². The molecule has 3 heteroatoms. The average molecular weight is 213 g/mol. The van der Waals surface area contributed by atoms with Crippen LogP contribution in [0, 0.1) is 5.41 Å². The van der Waals surface area contributed by atoms with Gasteiger partial charge in [-0.05, 0) is 25.4 Å². The van der Waals surface area contributed by atoms with E-state index in [2.05, 4.69) is 43.4 Å². The summed E-state index contributed by atoms with van der Waals surface area (Å²) in [6.07, 6.45) is 1.25. The Hall–Kier alpha value is -0.120. The summed E-state index contributed by atoms with van der Waals surface area (Å²) in [6, 6.07) is 0.628. The Morgan fingerprint density at radius 2 is 2.13 bits per heavy atom. The molecule has 1 atom stereocenters. The smallest absolute Gasteiger partial charge is 0.0320 e. The van der Waals surface area contributed by atoms with Crippen LogP contribution in [0.2, 0.25) is 0 Å². The lowest BCUT2D eigenvalue weighted by atomic mass is 9.92. The predicted octanol–water partition coefficient (Wildman–Crippen LogP) is 0.916. The van der Waals surface area contributed by atoms with E-state index in [4.69, 9.17) is 0 Å². The van der Waals surface area contributed by atoms with Crippen LogP contribution in [0.3, 0.4) is 0 Å². The molecule has 0 bridgehead atoms. The summed E-state index contributed by atoms with van der Waals surface area (Å²) in [6.45, 7) is 12.6. The zero-order valence-electron chi connectivity index (χ0n) is 10.8. The fourth-order valence-corrected chi connectivity index (χ4v) is 1.87. The summed E-state index contributed by atoms with van der Waals surface area (Å²) in [5.74, 6) is 0. The van der Waals surface area contributed by atoms with Crippen LogP contribution in [0.1, 0.15) is 27.2 Å². The van der Waals surface area contributed by atoms with E-state index in [-0.39, 0.29) is 0 Å². The first kappa shape index (κ1) is 12.9. The summed E-state index contributed by atoms with van der Waals surface area (Å²) in [7, 11) is 2.20. The first-order valence-electron chi connectivity index (χ1n) is 6.10. The second kappa shape index (κ2) is 5.83. The van der Waals surface area contributed by atoms with Gasteiger partial charge in [0.25, 0.3) is 0 Å². The van der Waals surface area contributed by atoms with Crippen LogP contribution in [-0.2, 0) is 0 Å².